The molecule has 32 heavy (non-hydrogen) atoms. The van der Waals surface area contributed by atoms with E-state index in [0.717, 1.165) is 10.8 Å². The van der Waals surface area contributed by atoms with Crippen LogP contribution in [0.1, 0.15) is 40.5 Å². The largest absolute Gasteiger partial charge is 0.490 e. The highest BCUT2D eigenvalue weighted by atomic mass is 16.6. The number of fused-ring (bicyclic) bond motifs is 1. The normalized spacial score (nSPS) is 12.5. The molecule has 0 aliphatic heterocycles. The van der Waals surface area contributed by atoms with Gasteiger partial charge in [0.1, 0.15) is 36.9 Å². The van der Waals surface area contributed by atoms with Gasteiger partial charge in [0.05, 0.1) is 0 Å². The van der Waals surface area contributed by atoms with Gasteiger partial charge in [0.2, 0.25) is 0 Å². The van der Waals surface area contributed by atoms with Crippen LogP contribution < -0.4 is 9.47 Å². The van der Waals surface area contributed by atoms with Crippen LogP contribution in [0, 0.1) is 0 Å². The van der Waals surface area contributed by atoms with Crippen LogP contribution >= 0.6 is 0 Å². The maximum atomic E-state index is 11.8. The fourth-order valence-corrected chi connectivity index (χ4v) is 2.79. The lowest BCUT2D eigenvalue weighted by Crippen LogP contribution is -2.24. The summed E-state index contributed by atoms with van der Waals surface area (Å²) in [6.07, 6.45) is 0.567. The van der Waals surface area contributed by atoms with Gasteiger partial charge in [0.15, 0.2) is 0 Å². The summed E-state index contributed by atoms with van der Waals surface area (Å²) in [5, 5.41) is 1.86. The Morgan fingerprint density at radius 3 is 1.94 bits per heavy atom. The monoisotopic (exact) mass is 440 g/mol. The first-order chi connectivity index (χ1) is 15.2. The number of benzene rings is 2. The van der Waals surface area contributed by atoms with Gasteiger partial charge in [-0.05, 0) is 56.3 Å². The molecule has 0 N–H and O–H groups in total. The zero-order chi connectivity index (χ0) is 23.7. The van der Waals surface area contributed by atoms with Crippen LogP contribution in [-0.4, -0.2) is 37.4 Å². The van der Waals surface area contributed by atoms with Crippen LogP contribution in [0.3, 0.4) is 0 Å². The van der Waals surface area contributed by atoms with Crippen molar-refractivity contribution in [3.63, 3.8) is 0 Å². The third-order valence-electron chi connectivity index (χ3n) is 4.83. The average molecular weight is 441 g/mol. The average Bonchev–Trinajstić information content (AvgIpc) is 2.78. The second-order valence-electron chi connectivity index (χ2n) is 7.69. The van der Waals surface area contributed by atoms with E-state index >= 15 is 0 Å². The first-order valence-electron chi connectivity index (χ1n) is 10.8. The molecule has 2 aromatic rings. The molecule has 0 aromatic heterocycles. The molecule has 0 heterocycles. The maximum Gasteiger partial charge on any atom is 0.333 e. The Kier molecular flexibility index (Phi) is 9.32. The van der Waals surface area contributed by atoms with Gasteiger partial charge in [-0.1, -0.05) is 39.1 Å². The molecule has 172 valence electrons. The molecule has 2 unspecified atom stereocenters. The molecule has 0 spiro atoms. The van der Waals surface area contributed by atoms with E-state index in [1.165, 1.54) is 0 Å². The summed E-state index contributed by atoms with van der Waals surface area (Å²) in [4.78, 5) is 23.5. The first-order valence-corrected chi connectivity index (χ1v) is 10.8. The molecule has 6 heteroatoms. The molecule has 0 radical (unpaired) electrons. The highest BCUT2D eigenvalue weighted by Crippen LogP contribution is 2.29. The minimum Gasteiger partial charge on any atom is -0.490 e. The van der Waals surface area contributed by atoms with Gasteiger partial charge in [0.25, 0.3) is 0 Å². The SMILES string of the molecule is C=C(C)C(=O)OC(CC)COc1ccc2c(OCC(CC)OC(=O)C(=C)C)cccc2c1. The second kappa shape index (κ2) is 11.9. The van der Waals surface area contributed by atoms with Crippen molar-refractivity contribution in [3.05, 3.63) is 60.7 Å². The van der Waals surface area contributed by atoms with E-state index in [4.69, 9.17) is 18.9 Å². The van der Waals surface area contributed by atoms with E-state index in [1.54, 1.807) is 13.8 Å². The minimum atomic E-state index is -0.417. The molecule has 0 saturated heterocycles. The van der Waals surface area contributed by atoms with Gasteiger partial charge in [-0.15, -0.1) is 0 Å². The fraction of sp³-hybridized carbons (Fsp3) is 0.385. The molecule has 0 aliphatic carbocycles. The summed E-state index contributed by atoms with van der Waals surface area (Å²) in [6, 6.07) is 11.4. The Labute approximate surface area is 189 Å². The van der Waals surface area contributed by atoms with Crippen LogP contribution in [0.25, 0.3) is 10.8 Å². The lowest BCUT2D eigenvalue weighted by molar-refractivity contribution is -0.146. The minimum absolute atomic E-state index is 0.249. The van der Waals surface area contributed by atoms with E-state index in [-0.39, 0.29) is 25.4 Å². The smallest absolute Gasteiger partial charge is 0.333 e. The molecule has 0 fully saturated rings. The number of hydrogen-bond acceptors (Lipinski definition) is 6. The molecule has 0 bridgehead atoms. The quantitative estimate of drug-likeness (QED) is 0.325. The fourth-order valence-electron chi connectivity index (χ4n) is 2.79. The van der Waals surface area contributed by atoms with Crippen LogP contribution in [0.5, 0.6) is 11.5 Å². The van der Waals surface area contributed by atoms with E-state index < -0.39 is 11.9 Å². The molecule has 0 saturated carbocycles. The second-order valence-corrected chi connectivity index (χ2v) is 7.69. The van der Waals surface area contributed by atoms with E-state index in [1.807, 2.05) is 50.2 Å². The molecule has 2 atom stereocenters. The van der Waals surface area contributed by atoms with Gasteiger partial charge in [-0.3, -0.25) is 0 Å². The first kappa shape index (κ1) is 25.0. The zero-order valence-corrected chi connectivity index (χ0v) is 19.3. The highest BCUT2D eigenvalue weighted by molar-refractivity contribution is 5.89. The van der Waals surface area contributed by atoms with Crippen molar-refractivity contribution >= 4 is 22.7 Å². The van der Waals surface area contributed by atoms with Crippen molar-refractivity contribution in [1.29, 1.82) is 0 Å². The van der Waals surface area contributed by atoms with Crippen molar-refractivity contribution in [3.8, 4) is 11.5 Å². The summed E-state index contributed by atoms with van der Waals surface area (Å²) in [7, 11) is 0. The van der Waals surface area contributed by atoms with Gasteiger partial charge >= 0.3 is 11.9 Å². The van der Waals surface area contributed by atoms with Crippen LogP contribution in [0.2, 0.25) is 0 Å². The van der Waals surface area contributed by atoms with Crippen LogP contribution in [-0.2, 0) is 19.1 Å². The number of hydrogen-bond donors (Lipinski definition) is 0. The Bertz CT molecular complexity index is 977. The summed E-state index contributed by atoms with van der Waals surface area (Å²) in [5.41, 5.74) is 0.724. The third-order valence-corrected chi connectivity index (χ3v) is 4.83. The summed E-state index contributed by atoms with van der Waals surface area (Å²) in [6.45, 7) is 14.8. The number of ether oxygens (including phenoxy) is 4. The number of carbonyl (C=O) groups excluding carboxylic acids is 2. The third kappa shape index (κ3) is 7.15. The Morgan fingerprint density at radius 1 is 0.844 bits per heavy atom. The molecular formula is C26H32O6. The predicted octanol–water partition coefficient (Wildman–Crippen LogP) is 5.39. The molecule has 0 aliphatic rings. The van der Waals surface area contributed by atoms with Crippen LogP contribution in [0.15, 0.2) is 60.7 Å². The molecule has 0 amide bonds. The molecule has 6 nitrogen and oxygen atoms in total. The summed E-state index contributed by atoms with van der Waals surface area (Å²) < 4.78 is 22.6. The predicted molar refractivity (Wildman–Crippen MR) is 125 cm³/mol. The number of rotatable bonds is 12. The van der Waals surface area contributed by atoms with Gasteiger partial charge in [0, 0.05) is 16.5 Å². The Balaban J connectivity index is 2.05. The standard InChI is InChI=1S/C26H32O6/c1-7-20(31-25(27)17(3)4)15-29-22-12-13-23-19(14-22)10-9-11-24(23)30-16-21(8-2)32-26(28)18(5)6/h9-14,20-21H,3,5,7-8,15-16H2,1-2,4,6H3. The van der Waals surface area contributed by atoms with E-state index in [0.29, 0.717) is 35.5 Å². The number of carbonyl (C=O) groups is 2. The Morgan fingerprint density at radius 2 is 1.41 bits per heavy atom. The van der Waals surface area contributed by atoms with E-state index in [9.17, 15) is 9.59 Å². The zero-order valence-electron chi connectivity index (χ0n) is 19.3. The maximum absolute atomic E-state index is 11.8. The molecule has 2 rings (SSSR count). The van der Waals surface area contributed by atoms with Gasteiger partial charge < -0.3 is 18.9 Å². The topological polar surface area (TPSA) is 71.1 Å². The van der Waals surface area contributed by atoms with Gasteiger partial charge in [-0.2, -0.15) is 0 Å². The van der Waals surface area contributed by atoms with Crippen molar-refractivity contribution in [1.82, 2.24) is 0 Å². The lowest BCUT2D eigenvalue weighted by atomic mass is 10.1. The Hall–Kier alpha value is -3.28. The number of esters is 2. The summed E-state index contributed by atoms with van der Waals surface area (Å²) in [5.74, 6) is 0.529. The van der Waals surface area contributed by atoms with E-state index in [2.05, 4.69) is 13.2 Å². The molecule has 2 aromatic carbocycles. The van der Waals surface area contributed by atoms with Crippen molar-refractivity contribution < 1.29 is 28.5 Å². The molecular weight excluding hydrogens is 408 g/mol. The summed E-state index contributed by atoms with van der Waals surface area (Å²) >= 11 is 0. The van der Waals surface area contributed by atoms with Crippen molar-refractivity contribution in [2.45, 2.75) is 52.7 Å². The lowest BCUT2D eigenvalue weighted by Gasteiger charge is -2.18. The highest BCUT2D eigenvalue weighted by Gasteiger charge is 2.16. The van der Waals surface area contributed by atoms with Crippen molar-refractivity contribution in [2.24, 2.45) is 0 Å². The van der Waals surface area contributed by atoms with Gasteiger partial charge in [-0.25, -0.2) is 9.59 Å². The van der Waals surface area contributed by atoms with Crippen LogP contribution in [0.4, 0.5) is 0 Å². The van der Waals surface area contributed by atoms with Crippen molar-refractivity contribution in [2.75, 3.05) is 13.2 Å².